The van der Waals surface area contributed by atoms with Gasteiger partial charge < -0.3 is 19.4 Å². The SMILES string of the molecule is C=C(C)C.CC(=O)O.CC(=O)OC(C)(C)C.CC(=[OH+])OC(C)(C)C.C[C+](C)C.[H+].[H+]. The molecule has 2 N–H and O–H groups in total. The summed E-state index contributed by atoms with van der Waals surface area (Å²) in [4.78, 5) is 27.8. The van der Waals surface area contributed by atoms with Crippen LogP contribution < -0.4 is 0 Å². The minimum atomic E-state index is -0.833. The summed E-state index contributed by atoms with van der Waals surface area (Å²) < 4.78 is 9.71. The Kier molecular flexibility index (Phi) is 26.0. The maximum atomic E-state index is 10.2. The Morgan fingerprint density at radius 3 is 1.04 bits per heavy atom. The highest BCUT2D eigenvalue weighted by Gasteiger charge is 2.20. The molecule has 0 aromatic rings. The number of carbonyl (C=O) groups excluding carboxylic acids is 2. The van der Waals surface area contributed by atoms with Crippen LogP contribution in [0.3, 0.4) is 0 Å². The van der Waals surface area contributed by atoms with Gasteiger partial charge in [0.05, 0.1) is 33.6 Å². The van der Waals surface area contributed by atoms with Crippen molar-refractivity contribution in [3.8, 4) is 0 Å². The molecule has 0 aromatic carbocycles. The van der Waals surface area contributed by atoms with Crippen molar-refractivity contribution in [1.82, 2.24) is 0 Å². The summed E-state index contributed by atoms with van der Waals surface area (Å²) in [7, 11) is 0. The first-order valence-electron chi connectivity index (χ1n) is 9.03. The molecule has 0 rings (SSSR count). The number of aliphatic carboxylic acids is 1. The minimum Gasteiger partial charge on any atom is -0.481 e. The van der Waals surface area contributed by atoms with Crippen LogP contribution in [-0.4, -0.2) is 39.0 Å². The highest BCUT2D eigenvalue weighted by Crippen LogP contribution is 2.06. The van der Waals surface area contributed by atoms with Crippen LogP contribution in [0, 0.1) is 5.92 Å². The predicted octanol–water partition coefficient (Wildman–Crippen LogP) is 6.19. The molecule has 0 bridgehead atoms. The maximum Gasteiger partial charge on any atom is 1.00 e. The fourth-order valence-electron chi connectivity index (χ4n) is 0.874. The van der Waals surface area contributed by atoms with Crippen molar-refractivity contribution in [3.05, 3.63) is 18.1 Å². The standard InChI is InChI=1S/2C6H12O2.C4H9.C4H8.C2H4O2/c2*1-5(7)8-6(2,3)4;2*1-4(2)3;1-2(3)4/h2*1-4H3;1-3H3;1H2,2-3H3;1H3,(H,3,4)/q;;+1;;/p+3. The Balaban J connectivity index is -0.0000000452. The Morgan fingerprint density at radius 1 is 0.857 bits per heavy atom. The fraction of sp³-hybridized carbons (Fsp3) is 0.727. The van der Waals surface area contributed by atoms with Crippen molar-refractivity contribution in [1.29, 1.82) is 0 Å². The molecule has 0 fully saturated rings. The predicted molar refractivity (Wildman–Crippen MR) is 121 cm³/mol. The van der Waals surface area contributed by atoms with Gasteiger partial charge in [0.15, 0.2) is 5.60 Å². The van der Waals surface area contributed by atoms with Gasteiger partial charge in [0.1, 0.15) is 5.60 Å². The van der Waals surface area contributed by atoms with Crippen LogP contribution in [0.4, 0.5) is 0 Å². The van der Waals surface area contributed by atoms with E-state index in [4.69, 9.17) is 24.2 Å². The third kappa shape index (κ3) is 198. The topological polar surface area (TPSA) is 94.2 Å². The van der Waals surface area contributed by atoms with Crippen molar-refractivity contribution in [2.45, 2.75) is 108 Å². The third-order valence-corrected chi connectivity index (χ3v) is 0.904. The number of rotatable bonds is 0. The quantitative estimate of drug-likeness (QED) is 0.223. The zero-order valence-corrected chi connectivity index (χ0v) is 20.7. The zero-order chi connectivity index (χ0) is 24.3. The van der Waals surface area contributed by atoms with E-state index >= 15 is 0 Å². The van der Waals surface area contributed by atoms with E-state index in [2.05, 4.69) is 27.4 Å². The molecule has 0 aromatic heterocycles. The van der Waals surface area contributed by atoms with Crippen LogP contribution in [0.1, 0.15) is 99.8 Å². The number of hydrogen-bond donors (Lipinski definition) is 1. The molecule has 0 aliphatic carbocycles. The molecule has 0 aliphatic heterocycles. The number of ether oxygens (including phenoxy) is 2. The molecule has 168 valence electrons. The van der Waals surface area contributed by atoms with Crippen molar-refractivity contribution in [3.63, 3.8) is 0 Å². The molecule has 0 saturated heterocycles. The Bertz CT molecular complexity index is 385. The van der Waals surface area contributed by atoms with Crippen molar-refractivity contribution < 1.29 is 31.8 Å². The molecule has 6 nitrogen and oxygen atoms in total. The van der Waals surface area contributed by atoms with E-state index in [1.807, 2.05) is 55.4 Å². The van der Waals surface area contributed by atoms with Gasteiger partial charge in [-0.25, -0.2) is 0 Å². The molecular weight excluding hydrogens is 360 g/mol. The largest absolute Gasteiger partial charge is 1.00 e. The van der Waals surface area contributed by atoms with Crippen molar-refractivity contribution in [2.75, 3.05) is 0 Å². The van der Waals surface area contributed by atoms with E-state index in [0.29, 0.717) is 0 Å². The van der Waals surface area contributed by atoms with E-state index < -0.39 is 5.97 Å². The minimum absolute atomic E-state index is 0. The first-order chi connectivity index (χ1) is 12.0. The summed E-state index contributed by atoms with van der Waals surface area (Å²) in [5.41, 5.74) is 0.574. The molecule has 0 atom stereocenters. The Labute approximate surface area is 176 Å². The Morgan fingerprint density at radius 2 is 1.04 bits per heavy atom. The number of allylic oxidation sites excluding steroid dienone is 1. The lowest BCUT2D eigenvalue weighted by molar-refractivity contribution is -0.151. The van der Waals surface area contributed by atoms with Crippen molar-refractivity contribution >= 4 is 17.9 Å². The molecular formula is C22H48O6+4. The first kappa shape index (κ1) is 36.9. The molecule has 0 saturated carbocycles. The lowest BCUT2D eigenvalue weighted by Gasteiger charge is -2.17. The van der Waals surface area contributed by atoms with Gasteiger partial charge in [-0.3, -0.25) is 9.59 Å². The fourth-order valence-corrected chi connectivity index (χ4v) is 0.874. The zero-order valence-electron chi connectivity index (χ0n) is 22.7. The summed E-state index contributed by atoms with van der Waals surface area (Å²) in [6.45, 7) is 28.9. The average molecular weight is 409 g/mol. The second-order valence-electron chi connectivity index (χ2n) is 8.67. The van der Waals surface area contributed by atoms with Gasteiger partial charge in [-0.15, -0.1) is 6.58 Å². The second kappa shape index (κ2) is 19.8. The smallest absolute Gasteiger partial charge is 0.481 e. The molecule has 28 heavy (non-hydrogen) atoms. The van der Waals surface area contributed by atoms with Crippen molar-refractivity contribution in [2.24, 2.45) is 0 Å². The van der Waals surface area contributed by atoms with Crippen LogP contribution in [0.15, 0.2) is 12.2 Å². The number of carboxylic acids is 1. The Hall–Kier alpha value is -1.98. The molecule has 0 aliphatic rings. The van der Waals surface area contributed by atoms with Crippen LogP contribution in [0.5, 0.6) is 0 Å². The summed E-state index contributed by atoms with van der Waals surface area (Å²) in [5, 5.41) is 7.42. The summed E-state index contributed by atoms with van der Waals surface area (Å²) in [6.07, 6.45) is 0. The second-order valence-corrected chi connectivity index (χ2v) is 8.67. The van der Waals surface area contributed by atoms with Gasteiger partial charge in [0.2, 0.25) is 0 Å². The highest BCUT2D eigenvalue weighted by molar-refractivity contribution is 5.67. The van der Waals surface area contributed by atoms with Crippen LogP contribution in [0.2, 0.25) is 0 Å². The van der Waals surface area contributed by atoms with Gasteiger partial charge in [-0.1, -0.05) is 5.57 Å². The monoisotopic (exact) mass is 408 g/mol. The molecule has 0 radical (unpaired) electrons. The first-order valence-corrected chi connectivity index (χ1v) is 9.03. The number of carbonyl (C=O) groups is 2. The van der Waals surface area contributed by atoms with Gasteiger partial charge >= 0.3 is 14.8 Å². The third-order valence-electron chi connectivity index (χ3n) is 0.904. The van der Waals surface area contributed by atoms with E-state index in [0.717, 1.165) is 6.92 Å². The maximum absolute atomic E-state index is 10.2. The lowest BCUT2D eigenvalue weighted by Crippen LogP contribution is -2.21. The molecule has 0 spiro atoms. The number of carboxylic acid groups (broad SMARTS) is 1. The number of esters is 2. The van der Waals surface area contributed by atoms with E-state index in [1.54, 1.807) is 0 Å². The van der Waals surface area contributed by atoms with E-state index in [-0.39, 0.29) is 26.0 Å². The lowest BCUT2D eigenvalue weighted by atomic mass is 10.2. The van der Waals surface area contributed by atoms with Gasteiger partial charge in [0, 0.05) is 34.6 Å². The summed E-state index contributed by atoms with van der Waals surface area (Å²) in [6, 6.07) is 0. The van der Waals surface area contributed by atoms with Crippen LogP contribution >= 0.6 is 0 Å². The normalized spacial score (nSPS) is 9.07. The average Bonchev–Trinajstić information content (AvgIpc) is 2.17. The molecule has 0 unspecified atom stereocenters. The molecule has 6 heteroatoms. The number of hydrogen-bond acceptors (Lipinski definition) is 4. The van der Waals surface area contributed by atoms with E-state index in [1.165, 1.54) is 25.3 Å². The van der Waals surface area contributed by atoms with Gasteiger partial charge in [-0.05, 0) is 34.6 Å². The van der Waals surface area contributed by atoms with Crippen LogP contribution in [-0.2, 0) is 19.1 Å². The molecule has 0 amide bonds. The van der Waals surface area contributed by atoms with Gasteiger partial charge in [0.25, 0.3) is 5.97 Å². The van der Waals surface area contributed by atoms with E-state index in [9.17, 15) is 4.79 Å². The van der Waals surface area contributed by atoms with Gasteiger partial charge in [-0.2, -0.15) is 0 Å². The summed E-state index contributed by atoms with van der Waals surface area (Å²) in [5.74, 6) is 0.384. The van der Waals surface area contributed by atoms with Crippen LogP contribution in [0.25, 0.3) is 0 Å². The highest BCUT2D eigenvalue weighted by atomic mass is 16.6. The molecule has 0 heterocycles. The summed E-state index contributed by atoms with van der Waals surface area (Å²) >= 11 is 0.